The number of rotatable bonds is 3. The zero-order valence-corrected chi connectivity index (χ0v) is 11.8. The fraction of sp³-hybridized carbons (Fsp3) is 0.500. The van der Waals surface area contributed by atoms with Crippen molar-refractivity contribution in [2.75, 3.05) is 26.3 Å². The Hall–Kier alpha value is -2.42. The maximum Gasteiger partial charge on any atom is 0.357 e. The van der Waals surface area contributed by atoms with Gasteiger partial charge in [0.05, 0.1) is 18.1 Å². The van der Waals surface area contributed by atoms with E-state index in [-0.39, 0.29) is 5.69 Å². The van der Waals surface area contributed by atoms with E-state index in [0.717, 1.165) is 9.13 Å². The standard InChI is InChI=1S/C12H16N4O5/c1-13-9(3-4-15-5-7-21-8-6-15)10(16(19)20)11(17)14(2)12(13)18/h3-4H,5-8H2,1-2H3/b4-3-. The SMILES string of the molecule is Cn1c(/C=C\N2CCOCC2)c([N+](=O)[O-])c(=O)n(C)c1=O. The van der Waals surface area contributed by atoms with E-state index in [4.69, 9.17) is 4.74 Å². The van der Waals surface area contributed by atoms with Crippen molar-refractivity contribution in [2.24, 2.45) is 14.1 Å². The molecule has 21 heavy (non-hydrogen) atoms. The van der Waals surface area contributed by atoms with E-state index in [1.807, 2.05) is 4.90 Å². The van der Waals surface area contributed by atoms with Gasteiger partial charge in [0.25, 0.3) is 0 Å². The van der Waals surface area contributed by atoms with E-state index in [0.29, 0.717) is 26.3 Å². The van der Waals surface area contributed by atoms with Crippen LogP contribution in [0.15, 0.2) is 15.8 Å². The summed E-state index contributed by atoms with van der Waals surface area (Å²) in [7, 11) is 2.61. The van der Waals surface area contributed by atoms with Crippen molar-refractivity contribution in [1.82, 2.24) is 14.0 Å². The van der Waals surface area contributed by atoms with Gasteiger partial charge in [0, 0.05) is 33.4 Å². The molecule has 1 saturated heterocycles. The average Bonchev–Trinajstić information content (AvgIpc) is 2.48. The summed E-state index contributed by atoms with van der Waals surface area (Å²) in [6.45, 7) is 2.45. The summed E-state index contributed by atoms with van der Waals surface area (Å²) in [5, 5.41) is 11.1. The molecule has 1 aromatic heterocycles. The van der Waals surface area contributed by atoms with Gasteiger partial charge in [-0.3, -0.25) is 24.0 Å². The second-order valence-electron chi connectivity index (χ2n) is 4.66. The van der Waals surface area contributed by atoms with Gasteiger partial charge in [-0.1, -0.05) is 0 Å². The molecule has 9 nitrogen and oxygen atoms in total. The molecule has 0 unspecified atom stereocenters. The van der Waals surface area contributed by atoms with Crippen LogP contribution in [0.5, 0.6) is 0 Å². The molecule has 0 saturated carbocycles. The third kappa shape index (κ3) is 2.87. The van der Waals surface area contributed by atoms with Gasteiger partial charge in [-0.2, -0.15) is 0 Å². The molecule has 0 spiro atoms. The molecule has 0 radical (unpaired) electrons. The Morgan fingerprint density at radius 3 is 2.38 bits per heavy atom. The Balaban J connectivity index is 2.51. The van der Waals surface area contributed by atoms with E-state index in [1.54, 1.807) is 6.20 Å². The summed E-state index contributed by atoms with van der Waals surface area (Å²) in [5.74, 6) is 0. The van der Waals surface area contributed by atoms with Gasteiger partial charge in [0.2, 0.25) is 0 Å². The summed E-state index contributed by atoms with van der Waals surface area (Å²) < 4.78 is 7.02. The summed E-state index contributed by atoms with van der Waals surface area (Å²) in [6, 6.07) is 0. The van der Waals surface area contributed by atoms with Crippen LogP contribution in [-0.4, -0.2) is 45.3 Å². The first-order valence-corrected chi connectivity index (χ1v) is 6.38. The number of ether oxygens (including phenoxy) is 1. The molecular weight excluding hydrogens is 280 g/mol. The summed E-state index contributed by atoms with van der Waals surface area (Å²) in [4.78, 5) is 36.0. The Morgan fingerprint density at radius 2 is 1.81 bits per heavy atom. The van der Waals surface area contributed by atoms with Crippen LogP contribution in [0.3, 0.4) is 0 Å². The number of morpholine rings is 1. The van der Waals surface area contributed by atoms with Crippen LogP contribution in [0.25, 0.3) is 6.08 Å². The van der Waals surface area contributed by atoms with Crippen LogP contribution in [0.1, 0.15) is 5.69 Å². The van der Waals surface area contributed by atoms with Crippen molar-refractivity contribution in [3.8, 4) is 0 Å². The van der Waals surface area contributed by atoms with Gasteiger partial charge < -0.3 is 9.64 Å². The molecule has 0 atom stereocenters. The lowest BCUT2D eigenvalue weighted by Crippen LogP contribution is -2.39. The van der Waals surface area contributed by atoms with Crippen LogP contribution in [0.4, 0.5) is 5.69 Å². The number of aromatic nitrogens is 2. The lowest BCUT2D eigenvalue weighted by atomic mass is 10.3. The highest BCUT2D eigenvalue weighted by Crippen LogP contribution is 2.13. The number of nitro groups is 1. The zero-order valence-electron chi connectivity index (χ0n) is 11.8. The smallest absolute Gasteiger partial charge is 0.357 e. The van der Waals surface area contributed by atoms with Crippen molar-refractivity contribution in [2.45, 2.75) is 0 Å². The quantitative estimate of drug-likeness (QED) is 0.540. The number of hydrogen-bond acceptors (Lipinski definition) is 6. The molecule has 0 aromatic carbocycles. The molecule has 114 valence electrons. The highest BCUT2D eigenvalue weighted by Gasteiger charge is 2.23. The Morgan fingerprint density at radius 1 is 1.19 bits per heavy atom. The highest BCUT2D eigenvalue weighted by molar-refractivity contribution is 5.56. The van der Waals surface area contributed by atoms with Crippen LogP contribution in [0.2, 0.25) is 0 Å². The van der Waals surface area contributed by atoms with E-state index < -0.39 is 21.9 Å². The minimum atomic E-state index is -0.912. The maximum absolute atomic E-state index is 11.9. The Kier molecular flexibility index (Phi) is 4.22. The lowest BCUT2D eigenvalue weighted by Gasteiger charge is -2.25. The van der Waals surface area contributed by atoms with Gasteiger partial charge in [-0.25, -0.2) is 4.79 Å². The van der Waals surface area contributed by atoms with Crippen LogP contribution >= 0.6 is 0 Å². The number of nitrogens with zero attached hydrogens (tertiary/aromatic N) is 4. The number of hydrogen-bond donors (Lipinski definition) is 0. The maximum atomic E-state index is 11.9. The minimum Gasteiger partial charge on any atom is -0.378 e. The predicted molar refractivity (Wildman–Crippen MR) is 75.0 cm³/mol. The molecular formula is C12H16N4O5. The summed E-state index contributed by atoms with van der Waals surface area (Å²) in [5.41, 5.74) is -2.14. The van der Waals surface area contributed by atoms with E-state index in [2.05, 4.69) is 0 Å². The molecule has 0 N–H and O–H groups in total. The largest absolute Gasteiger partial charge is 0.378 e. The molecule has 1 fully saturated rings. The summed E-state index contributed by atoms with van der Waals surface area (Å²) >= 11 is 0. The fourth-order valence-corrected chi connectivity index (χ4v) is 2.11. The van der Waals surface area contributed by atoms with E-state index in [9.17, 15) is 19.7 Å². The molecule has 0 bridgehead atoms. The van der Waals surface area contributed by atoms with Crippen LogP contribution in [-0.2, 0) is 18.8 Å². The molecule has 2 heterocycles. The van der Waals surface area contributed by atoms with Crippen molar-refractivity contribution in [3.05, 3.63) is 42.8 Å². The van der Waals surface area contributed by atoms with E-state index in [1.165, 1.54) is 20.2 Å². The molecule has 0 amide bonds. The average molecular weight is 296 g/mol. The van der Waals surface area contributed by atoms with Gasteiger partial charge in [-0.15, -0.1) is 0 Å². The fourth-order valence-electron chi connectivity index (χ4n) is 2.11. The topological polar surface area (TPSA) is 99.6 Å². The second kappa shape index (κ2) is 5.92. The third-order valence-corrected chi connectivity index (χ3v) is 3.36. The molecule has 1 aromatic rings. The van der Waals surface area contributed by atoms with E-state index >= 15 is 0 Å². The summed E-state index contributed by atoms with van der Waals surface area (Å²) in [6.07, 6.45) is 3.07. The predicted octanol–water partition coefficient (Wildman–Crippen LogP) is -0.705. The molecule has 1 aliphatic heterocycles. The van der Waals surface area contributed by atoms with Gasteiger partial charge in [0.1, 0.15) is 5.69 Å². The first-order chi connectivity index (χ1) is 9.93. The van der Waals surface area contributed by atoms with Crippen molar-refractivity contribution >= 4 is 11.8 Å². The Bertz CT molecular complexity index is 697. The first-order valence-electron chi connectivity index (χ1n) is 6.38. The van der Waals surface area contributed by atoms with Gasteiger partial charge >= 0.3 is 16.9 Å². The molecule has 9 heteroatoms. The monoisotopic (exact) mass is 296 g/mol. The minimum absolute atomic E-state index is 0.0143. The molecule has 0 aliphatic carbocycles. The van der Waals surface area contributed by atoms with Gasteiger partial charge in [-0.05, 0) is 6.08 Å². The van der Waals surface area contributed by atoms with Crippen molar-refractivity contribution in [1.29, 1.82) is 0 Å². The molecule has 2 rings (SSSR count). The zero-order chi connectivity index (χ0) is 15.6. The Labute approximate surface area is 119 Å². The second-order valence-corrected chi connectivity index (χ2v) is 4.66. The normalized spacial score (nSPS) is 15.6. The van der Waals surface area contributed by atoms with Crippen molar-refractivity contribution in [3.63, 3.8) is 0 Å². The van der Waals surface area contributed by atoms with Crippen LogP contribution < -0.4 is 11.2 Å². The third-order valence-electron chi connectivity index (χ3n) is 3.36. The lowest BCUT2D eigenvalue weighted by molar-refractivity contribution is -0.387. The van der Waals surface area contributed by atoms with Gasteiger partial charge in [0.15, 0.2) is 0 Å². The van der Waals surface area contributed by atoms with Crippen molar-refractivity contribution < 1.29 is 9.66 Å². The first kappa shape index (κ1) is 15.0. The molecule has 1 aliphatic rings. The van der Waals surface area contributed by atoms with Crippen LogP contribution in [0, 0.1) is 10.1 Å². The highest BCUT2D eigenvalue weighted by atomic mass is 16.6.